The van der Waals surface area contributed by atoms with Crippen LogP contribution in [0.2, 0.25) is 0 Å². The number of benzene rings is 5. The maximum Gasteiger partial charge on any atom is 0.151 e. The van der Waals surface area contributed by atoms with Crippen LogP contribution in [0.3, 0.4) is 0 Å². The second-order valence-corrected chi connectivity index (χ2v) is 25.2. The molecule has 426 valence electrons. The fraction of sp³-hybridized carbons (Fsp3) is 0.600. The summed E-state index contributed by atoms with van der Waals surface area (Å²) >= 11 is 0. The Labute approximate surface area is 478 Å². The van der Waals surface area contributed by atoms with E-state index in [0.29, 0.717) is 11.8 Å². The van der Waals surface area contributed by atoms with E-state index < -0.39 is 0 Å². The second-order valence-electron chi connectivity index (χ2n) is 25.2. The van der Waals surface area contributed by atoms with Crippen molar-refractivity contribution >= 4 is 17.1 Å². The standard InChI is InChI=1S/C75H109NO2/c1-14-24-27-29-31-33-49-74(50-34-32-30-28-25-15-2)66-51-58(56(11)18-5)36-44-64(66)65-45-37-60(52-67(65)74)73(13,48-17-4)75(22-9,23-10)61-39-47-69-71(54-61)78-70-53-59(72(12,20-7)21-8)38-46-68(70)76(69)62-40-42-63(43-41-62)77-55-57(19-6)35-26-16-3/h36-47,51-54,56-57H,14-35,48-50,55H2,1-13H3. The van der Waals surface area contributed by atoms with Crippen molar-refractivity contribution in [2.24, 2.45) is 5.92 Å². The van der Waals surface area contributed by atoms with E-state index in [1.807, 2.05) is 0 Å². The first-order valence-electron chi connectivity index (χ1n) is 32.6. The molecule has 2 aliphatic rings. The van der Waals surface area contributed by atoms with E-state index in [0.717, 1.165) is 85.9 Å². The SMILES string of the molecule is CCCCCCCCC1(CCCCCCCC)c2cc(C(C)CC)ccc2-c2ccc(C(C)(CCC)C(CC)(CC)c3ccc4c(c3)Oc3cc(C(C)(CC)CC)ccc3N4c3ccc(OCC(CC)CCCC)cc3)cc21. The van der Waals surface area contributed by atoms with E-state index in [-0.39, 0.29) is 21.7 Å². The van der Waals surface area contributed by atoms with Crippen LogP contribution in [0.5, 0.6) is 17.2 Å². The first-order valence-corrected chi connectivity index (χ1v) is 32.6. The van der Waals surface area contributed by atoms with Gasteiger partial charge in [-0.2, -0.15) is 0 Å². The lowest BCUT2D eigenvalue weighted by atomic mass is 9.53. The molecule has 0 N–H and O–H groups in total. The Morgan fingerprint density at radius 2 is 1.05 bits per heavy atom. The molecule has 0 saturated carbocycles. The summed E-state index contributed by atoms with van der Waals surface area (Å²) in [7, 11) is 0. The van der Waals surface area contributed by atoms with Gasteiger partial charge in [0.1, 0.15) is 5.75 Å². The molecule has 7 rings (SSSR count). The third-order valence-corrected chi connectivity index (χ3v) is 20.7. The Kier molecular flexibility index (Phi) is 22.2. The second kappa shape index (κ2) is 28.3. The smallest absolute Gasteiger partial charge is 0.151 e. The number of rotatable bonds is 34. The van der Waals surface area contributed by atoms with E-state index in [9.17, 15) is 0 Å². The Bertz CT molecular complexity index is 2610. The normalized spacial score (nSPS) is 15.2. The number of nitrogens with zero attached hydrogens (tertiary/aromatic N) is 1. The zero-order valence-electron chi connectivity index (χ0n) is 52.0. The van der Waals surface area contributed by atoms with Gasteiger partial charge in [-0.15, -0.1) is 0 Å². The molecule has 1 aliphatic heterocycles. The first-order chi connectivity index (χ1) is 37.8. The quantitative estimate of drug-likeness (QED) is 0.0376. The van der Waals surface area contributed by atoms with E-state index in [2.05, 4.69) is 192 Å². The molecule has 0 aromatic heterocycles. The van der Waals surface area contributed by atoms with E-state index >= 15 is 0 Å². The van der Waals surface area contributed by atoms with Gasteiger partial charge in [0.2, 0.25) is 0 Å². The summed E-state index contributed by atoms with van der Waals surface area (Å²) in [6.07, 6.45) is 30.9. The van der Waals surface area contributed by atoms with Crippen LogP contribution in [0, 0.1) is 5.92 Å². The molecule has 5 aromatic carbocycles. The van der Waals surface area contributed by atoms with E-state index in [1.165, 1.54) is 149 Å². The molecule has 3 unspecified atom stereocenters. The van der Waals surface area contributed by atoms with Gasteiger partial charge in [-0.05, 0) is 168 Å². The summed E-state index contributed by atoms with van der Waals surface area (Å²) in [6.45, 7) is 31.9. The highest BCUT2D eigenvalue weighted by atomic mass is 16.5. The van der Waals surface area contributed by atoms with Crippen LogP contribution in [0.25, 0.3) is 11.1 Å². The minimum atomic E-state index is -0.158. The molecule has 0 amide bonds. The number of ether oxygens (including phenoxy) is 2. The lowest BCUT2D eigenvalue weighted by Crippen LogP contribution is -2.47. The predicted octanol–water partition coefficient (Wildman–Crippen LogP) is 24.0. The Balaban J connectivity index is 1.35. The molecule has 3 nitrogen and oxygen atoms in total. The molecule has 1 heterocycles. The molecular formula is C75H109NO2. The van der Waals surface area contributed by atoms with Crippen LogP contribution in [0.4, 0.5) is 17.1 Å². The van der Waals surface area contributed by atoms with Crippen molar-refractivity contribution in [2.75, 3.05) is 11.5 Å². The van der Waals surface area contributed by atoms with Gasteiger partial charge in [-0.3, -0.25) is 0 Å². The molecule has 0 bridgehead atoms. The predicted molar refractivity (Wildman–Crippen MR) is 340 cm³/mol. The zero-order chi connectivity index (χ0) is 55.9. The van der Waals surface area contributed by atoms with Gasteiger partial charge in [-0.1, -0.05) is 241 Å². The highest BCUT2D eigenvalue weighted by Gasteiger charge is 2.50. The highest BCUT2D eigenvalue weighted by molar-refractivity contribution is 5.87. The van der Waals surface area contributed by atoms with Crippen LogP contribution in [-0.2, 0) is 21.7 Å². The van der Waals surface area contributed by atoms with Crippen molar-refractivity contribution < 1.29 is 9.47 Å². The summed E-state index contributed by atoms with van der Waals surface area (Å²) in [5, 5.41) is 0. The summed E-state index contributed by atoms with van der Waals surface area (Å²) in [5.74, 6) is 3.95. The van der Waals surface area contributed by atoms with E-state index in [4.69, 9.17) is 9.47 Å². The Hall–Kier alpha value is -4.50. The lowest BCUT2D eigenvalue weighted by Gasteiger charge is -2.50. The molecule has 1 aliphatic carbocycles. The largest absolute Gasteiger partial charge is 0.493 e. The number of hydrogen-bond acceptors (Lipinski definition) is 3. The van der Waals surface area contributed by atoms with Gasteiger partial charge >= 0.3 is 0 Å². The van der Waals surface area contributed by atoms with Crippen LogP contribution < -0.4 is 14.4 Å². The van der Waals surface area contributed by atoms with Crippen molar-refractivity contribution in [3.8, 4) is 28.4 Å². The van der Waals surface area contributed by atoms with Gasteiger partial charge in [0.05, 0.1) is 18.0 Å². The topological polar surface area (TPSA) is 21.7 Å². The maximum atomic E-state index is 7.32. The molecule has 0 fully saturated rings. The molecule has 3 atom stereocenters. The van der Waals surface area contributed by atoms with Gasteiger partial charge < -0.3 is 14.4 Å². The molecule has 5 aromatic rings. The van der Waals surface area contributed by atoms with Crippen molar-refractivity contribution in [2.45, 2.75) is 278 Å². The molecule has 0 spiro atoms. The Morgan fingerprint density at radius 3 is 1.60 bits per heavy atom. The lowest BCUT2D eigenvalue weighted by molar-refractivity contribution is 0.195. The van der Waals surface area contributed by atoms with Gasteiger partial charge in [-0.25, -0.2) is 0 Å². The van der Waals surface area contributed by atoms with Crippen molar-refractivity contribution in [3.05, 3.63) is 130 Å². The maximum absolute atomic E-state index is 7.32. The average Bonchev–Trinajstić information content (AvgIpc) is 3.89. The van der Waals surface area contributed by atoms with Crippen LogP contribution in [-0.4, -0.2) is 6.61 Å². The average molecular weight is 1060 g/mol. The minimum Gasteiger partial charge on any atom is -0.493 e. The number of unbranched alkanes of at least 4 members (excludes halogenated alkanes) is 11. The third kappa shape index (κ3) is 12.7. The van der Waals surface area contributed by atoms with Crippen LogP contribution in [0.15, 0.2) is 97.1 Å². The molecule has 0 radical (unpaired) electrons. The minimum absolute atomic E-state index is 0.0196. The summed E-state index contributed by atoms with van der Waals surface area (Å²) in [5.41, 5.74) is 15.1. The number of hydrogen-bond donors (Lipinski definition) is 0. The monoisotopic (exact) mass is 1060 g/mol. The molecule has 3 heteroatoms. The number of anilines is 3. The van der Waals surface area contributed by atoms with E-state index in [1.54, 1.807) is 11.1 Å². The zero-order valence-corrected chi connectivity index (χ0v) is 52.0. The van der Waals surface area contributed by atoms with Gasteiger partial charge in [0.15, 0.2) is 11.5 Å². The van der Waals surface area contributed by atoms with Gasteiger partial charge in [0, 0.05) is 21.9 Å². The van der Waals surface area contributed by atoms with Crippen molar-refractivity contribution in [3.63, 3.8) is 0 Å². The van der Waals surface area contributed by atoms with Crippen molar-refractivity contribution in [1.29, 1.82) is 0 Å². The van der Waals surface area contributed by atoms with Crippen LogP contribution >= 0.6 is 0 Å². The third-order valence-electron chi connectivity index (χ3n) is 20.7. The molecule has 0 saturated heterocycles. The number of fused-ring (bicyclic) bond motifs is 5. The van der Waals surface area contributed by atoms with Crippen LogP contribution in [0.1, 0.15) is 290 Å². The Morgan fingerprint density at radius 1 is 0.513 bits per heavy atom. The molecular weight excluding hydrogens is 947 g/mol. The fourth-order valence-electron chi connectivity index (χ4n) is 14.6. The molecule has 78 heavy (non-hydrogen) atoms. The summed E-state index contributed by atoms with van der Waals surface area (Å²) < 4.78 is 13.8. The highest BCUT2D eigenvalue weighted by Crippen LogP contribution is 2.60. The summed E-state index contributed by atoms with van der Waals surface area (Å²) in [6, 6.07) is 38.9. The first kappa shape index (κ1) is 61.1. The summed E-state index contributed by atoms with van der Waals surface area (Å²) in [4.78, 5) is 2.44. The van der Waals surface area contributed by atoms with Crippen molar-refractivity contribution in [1.82, 2.24) is 0 Å². The fourth-order valence-corrected chi connectivity index (χ4v) is 14.6. The van der Waals surface area contributed by atoms with Gasteiger partial charge in [0.25, 0.3) is 0 Å².